The summed E-state index contributed by atoms with van der Waals surface area (Å²) >= 11 is 5.97. The monoisotopic (exact) mass is 303 g/mol. The van der Waals surface area contributed by atoms with Crippen LogP contribution in [0.25, 0.3) is 0 Å². The fourth-order valence-electron chi connectivity index (χ4n) is 1.66. The zero-order chi connectivity index (χ0) is 15.1. The van der Waals surface area contributed by atoms with Gasteiger partial charge in [-0.25, -0.2) is 0 Å². The van der Waals surface area contributed by atoms with E-state index < -0.39 is 11.8 Å². The van der Waals surface area contributed by atoms with Crippen molar-refractivity contribution in [2.75, 3.05) is 0 Å². The summed E-state index contributed by atoms with van der Waals surface area (Å²) in [6.07, 6.45) is 3.25. The van der Waals surface area contributed by atoms with E-state index in [2.05, 4.69) is 15.6 Å². The molecule has 2 amide bonds. The largest absolute Gasteiger partial charge is 0.344 e. The van der Waals surface area contributed by atoms with Crippen LogP contribution in [0.2, 0.25) is 5.02 Å². The summed E-state index contributed by atoms with van der Waals surface area (Å²) in [5.74, 6) is -1.37. The number of carbonyl (C=O) groups excluding carboxylic acids is 2. The number of nitrogens with one attached hydrogen (secondary N) is 2. The van der Waals surface area contributed by atoms with Crippen LogP contribution in [0, 0.1) is 0 Å². The minimum Gasteiger partial charge on any atom is -0.344 e. The molecule has 0 aliphatic rings. The number of pyridine rings is 1. The lowest BCUT2D eigenvalue weighted by atomic mass is 10.2. The lowest BCUT2D eigenvalue weighted by Crippen LogP contribution is -2.39. The fraction of sp³-hybridized carbons (Fsp3) is 0.133. The second-order valence-corrected chi connectivity index (χ2v) is 4.72. The van der Waals surface area contributed by atoms with Gasteiger partial charge in [0.1, 0.15) is 0 Å². The van der Waals surface area contributed by atoms with Crippen molar-refractivity contribution in [3.05, 3.63) is 64.9 Å². The van der Waals surface area contributed by atoms with Crippen LogP contribution in [0.15, 0.2) is 48.8 Å². The third-order valence-electron chi connectivity index (χ3n) is 2.81. The van der Waals surface area contributed by atoms with Gasteiger partial charge in [0.05, 0.1) is 0 Å². The molecule has 6 heteroatoms. The van der Waals surface area contributed by atoms with Crippen molar-refractivity contribution >= 4 is 23.4 Å². The first kappa shape index (κ1) is 15.0. The number of benzene rings is 1. The van der Waals surface area contributed by atoms with Crippen molar-refractivity contribution in [1.29, 1.82) is 0 Å². The van der Waals surface area contributed by atoms with E-state index in [-0.39, 0.29) is 13.1 Å². The van der Waals surface area contributed by atoms with Gasteiger partial charge in [-0.05, 0) is 29.3 Å². The van der Waals surface area contributed by atoms with Crippen LogP contribution < -0.4 is 10.6 Å². The molecule has 0 saturated carbocycles. The summed E-state index contributed by atoms with van der Waals surface area (Å²) in [7, 11) is 0. The molecule has 21 heavy (non-hydrogen) atoms. The van der Waals surface area contributed by atoms with Crippen LogP contribution in [0.3, 0.4) is 0 Å². The first-order chi connectivity index (χ1) is 10.2. The molecule has 0 atom stereocenters. The molecule has 0 spiro atoms. The van der Waals surface area contributed by atoms with E-state index in [9.17, 15) is 9.59 Å². The number of nitrogens with zero attached hydrogens (tertiary/aromatic N) is 1. The van der Waals surface area contributed by atoms with Gasteiger partial charge in [0.25, 0.3) is 0 Å². The third-order valence-corrected chi connectivity index (χ3v) is 3.17. The summed E-state index contributed by atoms with van der Waals surface area (Å²) < 4.78 is 0. The molecular formula is C15H14ClN3O2. The number of amides is 2. The Kier molecular flexibility index (Phi) is 5.29. The molecule has 0 unspecified atom stereocenters. The zero-order valence-corrected chi connectivity index (χ0v) is 11.9. The zero-order valence-electron chi connectivity index (χ0n) is 11.2. The number of hydrogen-bond donors (Lipinski definition) is 2. The van der Waals surface area contributed by atoms with Crippen molar-refractivity contribution in [1.82, 2.24) is 15.6 Å². The van der Waals surface area contributed by atoms with E-state index in [1.54, 1.807) is 42.7 Å². The summed E-state index contributed by atoms with van der Waals surface area (Å²) in [6, 6.07) is 10.7. The Labute approximate surface area is 127 Å². The molecular weight excluding hydrogens is 290 g/mol. The van der Waals surface area contributed by atoms with E-state index in [1.807, 2.05) is 6.07 Å². The highest BCUT2D eigenvalue weighted by atomic mass is 35.5. The average molecular weight is 304 g/mol. The minimum atomic E-state index is -0.691. The third kappa shape index (κ3) is 4.57. The molecule has 2 aromatic rings. The second kappa shape index (κ2) is 7.40. The van der Waals surface area contributed by atoms with Gasteiger partial charge in [-0.3, -0.25) is 14.6 Å². The molecule has 0 radical (unpaired) electrons. The van der Waals surface area contributed by atoms with Gasteiger partial charge in [0.15, 0.2) is 0 Å². The lowest BCUT2D eigenvalue weighted by Gasteiger charge is -2.07. The summed E-state index contributed by atoms with van der Waals surface area (Å²) in [5.41, 5.74) is 1.63. The molecule has 2 rings (SSSR count). The van der Waals surface area contributed by atoms with Crippen LogP contribution in [0.4, 0.5) is 0 Å². The molecule has 1 aromatic heterocycles. The first-order valence-electron chi connectivity index (χ1n) is 6.35. The highest BCUT2D eigenvalue weighted by Crippen LogP contribution is 2.14. The number of hydrogen-bond acceptors (Lipinski definition) is 3. The van der Waals surface area contributed by atoms with Gasteiger partial charge < -0.3 is 10.6 Å². The topological polar surface area (TPSA) is 71.1 Å². The number of halogens is 1. The van der Waals surface area contributed by atoms with E-state index in [0.717, 1.165) is 11.1 Å². The van der Waals surface area contributed by atoms with Gasteiger partial charge in [0, 0.05) is 30.5 Å². The second-order valence-electron chi connectivity index (χ2n) is 4.31. The maximum Gasteiger partial charge on any atom is 0.309 e. The highest BCUT2D eigenvalue weighted by molar-refractivity contribution is 6.35. The van der Waals surface area contributed by atoms with Crippen LogP contribution in [-0.2, 0) is 22.7 Å². The average Bonchev–Trinajstić information content (AvgIpc) is 2.52. The van der Waals surface area contributed by atoms with Crippen molar-refractivity contribution in [3.8, 4) is 0 Å². The van der Waals surface area contributed by atoms with Gasteiger partial charge in [-0.1, -0.05) is 29.8 Å². The molecule has 0 bridgehead atoms. The normalized spacial score (nSPS) is 9.95. The number of carbonyl (C=O) groups is 2. The highest BCUT2D eigenvalue weighted by Gasteiger charge is 2.13. The Morgan fingerprint density at radius 1 is 0.952 bits per heavy atom. The van der Waals surface area contributed by atoms with Crippen LogP contribution in [-0.4, -0.2) is 16.8 Å². The SMILES string of the molecule is O=C(NCc1ccncc1)C(=O)NCc1ccccc1Cl. The minimum absolute atomic E-state index is 0.210. The molecule has 1 heterocycles. The van der Waals surface area contributed by atoms with E-state index >= 15 is 0 Å². The van der Waals surface area contributed by atoms with Crippen LogP contribution in [0.1, 0.15) is 11.1 Å². The smallest absolute Gasteiger partial charge is 0.309 e. The van der Waals surface area contributed by atoms with E-state index in [1.165, 1.54) is 0 Å². The maximum absolute atomic E-state index is 11.7. The maximum atomic E-state index is 11.7. The Bertz CT molecular complexity index is 632. The van der Waals surface area contributed by atoms with Crippen molar-refractivity contribution in [3.63, 3.8) is 0 Å². The Balaban J connectivity index is 1.80. The Morgan fingerprint density at radius 2 is 1.57 bits per heavy atom. The molecule has 0 saturated heterocycles. The molecule has 2 N–H and O–H groups in total. The van der Waals surface area contributed by atoms with Gasteiger partial charge in [0.2, 0.25) is 0 Å². The molecule has 1 aromatic carbocycles. The number of aromatic nitrogens is 1. The van der Waals surface area contributed by atoms with Crippen LogP contribution in [0.5, 0.6) is 0 Å². The summed E-state index contributed by atoms with van der Waals surface area (Å²) in [4.78, 5) is 27.2. The number of rotatable bonds is 4. The van der Waals surface area contributed by atoms with Gasteiger partial charge in [-0.2, -0.15) is 0 Å². The predicted octanol–water partition coefficient (Wildman–Crippen LogP) is 1.67. The van der Waals surface area contributed by atoms with Crippen molar-refractivity contribution in [2.45, 2.75) is 13.1 Å². The summed E-state index contributed by atoms with van der Waals surface area (Å²) in [5, 5.41) is 5.62. The van der Waals surface area contributed by atoms with Crippen molar-refractivity contribution < 1.29 is 9.59 Å². The Morgan fingerprint density at radius 3 is 2.24 bits per heavy atom. The first-order valence-corrected chi connectivity index (χ1v) is 6.73. The van der Waals surface area contributed by atoms with Gasteiger partial charge in [-0.15, -0.1) is 0 Å². The standard InChI is InChI=1S/C15H14ClN3O2/c16-13-4-2-1-3-12(13)10-19-15(21)14(20)18-9-11-5-7-17-8-6-11/h1-8H,9-10H2,(H,18,20)(H,19,21). The molecule has 5 nitrogen and oxygen atoms in total. The lowest BCUT2D eigenvalue weighted by molar-refractivity contribution is -0.139. The van der Waals surface area contributed by atoms with Crippen molar-refractivity contribution in [2.24, 2.45) is 0 Å². The fourth-order valence-corrected chi connectivity index (χ4v) is 1.86. The van der Waals surface area contributed by atoms with E-state index in [4.69, 9.17) is 11.6 Å². The molecule has 108 valence electrons. The Hall–Kier alpha value is -2.40. The van der Waals surface area contributed by atoms with E-state index in [0.29, 0.717) is 5.02 Å². The quantitative estimate of drug-likeness (QED) is 0.844. The molecule has 0 fully saturated rings. The molecule has 0 aliphatic carbocycles. The summed E-state index contributed by atoms with van der Waals surface area (Å²) in [6.45, 7) is 0.488. The van der Waals surface area contributed by atoms with Crippen LogP contribution >= 0.6 is 11.6 Å². The predicted molar refractivity (Wildman–Crippen MR) is 79.4 cm³/mol. The van der Waals surface area contributed by atoms with Gasteiger partial charge >= 0.3 is 11.8 Å². The molecule has 0 aliphatic heterocycles.